The molecule has 2 heterocycles. The molecule has 1 amide bonds. The topological polar surface area (TPSA) is 75.2 Å². The summed E-state index contributed by atoms with van der Waals surface area (Å²) in [5, 5.41) is 9.82. The molecule has 0 aliphatic carbocycles. The standard InChI is InChI=1S/C19H27N5O2S/c1-13-10-24(11-14(2)26-13)12-15-4-6-16(7-5-15)18(25)20-9-8-17-21-22-19(27)23(17)3/h4-7,13-14H,8-12H2,1-3H3,(H,20,25)(H,22,27). The summed E-state index contributed by atoms with van der Waals surface area (Å²) in [5.41, 5.74) is 1.87. The van der Waals surface area contributed by atoms with E-state index in [0.717, 1.165) is 25.5 Å². The van der Waals surface area contributed by atoms with Crippen LogP contribution in [-0.2, 0) is 24.8 Å². The zero-order valence-electron chi connectivity index (χ0n) is 16.1. The van der Waals surface area contributed by atoms with Gasteiger partial charge in [0.1, 0.15) is 5.82 Å². The fourth-order valence-electron chi connectivity index (χ4n) is 3.43. The first-order chi connectivity index (χ1) is 12.9. The Morgan fingerprint density at radius 3 is 2.56 bits per heavy atom. The highest BCUT2D eigenvalue weighted by Crippen LogP contribution is 2.14. The molecule has 1 aliphatic rings. The van der Waals surface area contributed by atoms with E-state index in [9.17, 15) is 4.79 Å². The van der Waals surface area contributed by atoms with Crippen LogP contribution in [0.5, 0.6) is 0 Å². The van der Waals surface area contributed by atoms with Crippen molar-refractivity contribution in [3.8, 4) is 0 Å². The van der Waals surface area contributed by atoms with Crippen LogP contribution in [0, 0.1) is 4.77 Å². The minimum absolute atomic E-state index is 0.0769. The summed E-state index contributed by atoms with van der Waals surface area (Å²) in [6, 6.07) is 7.81. The molecule has 2 unspecified atom stereocenters. The lowest BCUT2D eigenvalue weighted by Crippen LogP contribution is -2.44. The number of hydrogen-bond acceptors (Lipinski definition) is 5. The molecule has 8 heteroatoms. The van der Waals surface area contributed by atoms with Gasteiger partial charge in [0.25, 0.3) is 5.91 Å². The molecule has 2 atom stereocenters. The van der Waals surface area contributed by atoms with E-state index in [-0.39, 0.29) is 18.1 Å². The Labute approximate surface area is 164 Å². The predicted molar refractivity (Wildman–Crippen MR) is 106 cm³/mol. The van der Waals surface area contributed by atoms with Crippen molar-refractivity contribution in [2.75, 3.05) is 19.6 Å². The third kappa shape index (κ3) is 5.24. The van der Waals surface area contributed by atoms with Gasteiger partial charge in [-0.2, -0.15) is 5.10 Å². The van der Waals surface area contributed by atoms with E-state index in [1.54, 1.807) is 0 Å². The summed E-state index contributed by atoms with van der Waals surface area (Å²) < 4.78 is 8.16. The maximum absolute atomic E-state index is 12.3. The minimum Gasteiger partial charge on any atom is -0.373 e. The van der Waals surface area contributed by atoms with E-state index < -0.39 is 0 Å². The molecule has 2 N–H and O–H groups in total. The number of nitrogens with zero attached hydrogens (tertiary/aromatic N) is 3. The molecule has 27 heavy (non-hydrogen) atoms. The summed E-state index contributed by atoms with van der Waals surface area (Å²) in [6.07, 6.45) is 1.14. The second kappa shape index (κ2) is 8.77. The number of H-pyrrole nitrogens is 1. The lowest BCUT2D eigenvalue weighted by Gasteiger charge is -2.35. The summed E-state index contributed by atoms with van der Waals surface area (Å²) >= 11 is 5.08. The summed E-state index contributed by atoms with van der Waals surface area (Å²) in [6.45, 7) is 7.46. The Balaban J connectivity index is 1.49. The quantitative estimate of drug-likeness (QED) is 0.740. The highest BCUT2D eigenvalue weighted by Gasteiger charge is 2.22. The second-order valence-electron chi connectivity index (χ2n) is 7.16. The molecule has 0 spiro atoms. The first kappa shape index (κ1) is 19.7. The van der Waals surface area contributed by atoms with Gasteiger partial charge in [0, 0.05) is 45.2 Å². The van der Waals surface area contributed by atoms with E-state index in [1.165, 1.54) is 5.56 Å². The van der Waals surface area contributed by atoms with Gasteiger partial charge in [0.15, 0.2) is 4.77 Å². The van der Waals surface area contributed by atoms with Gasteiger partial charge in [0.05, 0.1) is 12.2 Å². The largest absolute Gasteiger partial charge is 0.373 e. The first-order valence-corrected chi connectivity index (χ1v) is 9.68. The lowest BCUT2D eigenvalue weighted by molar-refractivity contribution is -0.0704. The number of carbonyl (C=O) groups is 1. The van der Waals surface area contributed by atoms with Crippen molar-refractivity contribution >= 4 is 18.1 Å². The van der Waals surface area contributed by atoms with Crippen LogP contribution in [0.2, 0.25) is 0 Å². The second-order valence-corrected chi connectivity index (χ2v) is 7.54. The molecule has 0 saturated carbocycles. The third-order valence-corrected chi connectivity index (χ3v) is 5.09. The first-order valence-electron chi connectivity index (χ1n) is 9.27. The summed E-state index contributed by atoms with van der Waals surface area (Å²) in [4.78, 5) is 14.7. The molecule has 7 nitrogen and oxygen atoms in total. The van der Waals surface area contributed by atoms with E-state index in [0.29, 0.717) is 23.3 Å². The van der Waals surface area contributed by atoms with Crippen molar-refractivity contribution in [3.05, 3.63) is 46.0 Å². The molecule has 1 fully saturated rings. The van der Waals surface area contributed by atoms with Crippen molar-refractivity contribution in [3.63, 3.8) is 0 Å². The Kier molecular flexibility index (Phi) is 6.41. The number of ether oxygens (including phenoxy) is 1. The van der Waals surface area contributed by atoms with Crippen molar-refractivity contribution in [2.45, 2.75) is 39.0 Å². The number of rotatable bonds is 6. The zero-order chi connectivity index (χ0) is 19.4. The van der Waals surface area contributed by atoms with Crippen molar-refractivity contribution in [1.29, 1.82) is 0 Å². The maximum atomic E-state index is 12.3. The highest BCUT2D eigenvalue weighted by molar-refractivity contribution is 7.71. The average Bonchev–Trinajstić information content (AvgIpc) is 2.93. The van der Waals surface area contributed by atoms with Crippen LogP contribution < -0.4 is 5.32 Å². The summed E-state index contributed by atoms with van der Waals surface area (Å²) in [5.74, 6) is 0.747. The fourth-order valence-corrected chi connectivity index (χ4v) is 3.58. The number of aromatic amines is 1. The van der Waals surface area contributed by atoms with Gasteiger partial charge < -0.3 is 14.6 Å². The van der Waals surface area contributed by atoms with Crippen LogP contribution in [0.1, 0.15) is 35.6 Å². The van der Waals surface area contributed by atoms with E-state index >= 15 is 0 Å². The van der Waals surface area contributed by atoms with Gasteiger partial charge in [-0.05, 0) is 43.8 Å². The smallest absolute Gasteiger partial charge is 0.251 e. The third-order valence-electron chi connectivity index (χ3n) is 4.72. The number of nitrogens with one attached hydrogen (secondary N) is 2. The molecule has 1 aromatic heterocycles. The normalized spacial score (nSPS) is 20.6. The van der Waals surface area contributed by atoms with Crippen LogP contribution in [-0.4, -0.2) is 57.4 Å². The molecule has 1 aromatic carbocycles. The van der Waals surface area contributed by atoms with Crippen molar-refractivity contribution in [2.24, 2.45) is 7.05 Å². The lowest BCUT2D eigenvalue weighted by atomic mass is 10.1. The molecule has 1 saturated heterocycles. The van der Waals surface area contributed by atoms with Crippen LogP contribution in [0.3, 0.4) is 0 Å². The van der Waals surface area contributed by atoms with Gasteiger partial charge in [0.2, 0.25) is 0 Å². The fraction of sp³-hybridized carbons (Fsp3) is 0.526. The number of aromatic nitrogens is 3. The molecular formula is C19H27N5O2S. The van der Waals surface area contributed by atoms with Crippen LogP contribution in [0.4, 0.5) is 0 Å². The molecule has 146 valence electrons. The van der Waals surface area contributed by atoms with Gasteiger partial charge in [-0.25, -0.2) is 0 Å². The Hall–Kier alpha value is -2.03. The molecule has 2 aromatic rings. The Bertz CT molecular complexity index is 819. The van der Waals surface area contributed by atoms with Gasteiger partial charge >= 0.3 is 0 Å². The Morgan fingerprint density at radius 2 is 1.96 bits per heavy atom. The van der Waals surface area contributed by atoms with E-state index in [1.807, 2.05) is 35.9 Å². The molecule has 0 bridgehead atoms. The maximum Gasteiger partial charge on any atom is 0.251 e. The average molecular weight is 390 g/mol. The number of morpholine rings is 1. The van der Waals surface area contributed by atoms with E-state index in [4.69, 9.17) is 17.0 Å². The van der Waals surface area contributed by atoms with Crippen LogP contribution in [0.15, 0.2) is 24.3 Å². The molecule has 0 radical (unpaired) electrons. The van der Waals surface area contributed by atoms with Crippen molar-refractivity contribution in [1.82, 2.24) is 25.0 Å². The number of hydrogen-bond donors (Lipinski definition) is 2. The molecule has 3 rings (SSSR count). The number of benzene rings is 1. The monoisotopic (exact) mass is 389 g/mol. The van der Waals surface area contributed by atoms with Gasteiger partial charge in [-0.15, -0.1) is 0 Å². The Morgan fingerprint density at radius 1 is 1.30 bits per heavy atom. The zero-order valence-corrected chi connectivity index (χ0v) is 16.9. The SMILES string of the molecule is CC1CN(Cc2ccc(C(=O)NCCc3n[nH]c(=S)n3C)cc2)CC(C)O1. The van der Waals surface area contributed by atoms with E-state index in [2.05, 4.69) is 34.3 Å². The number of carbonyl (C=O) groups excluding carboxylic acids is 1. The summed E-state index contributed by atoms with van der Waals surface area (Å²) in [7, 11) is 1.86. The highest BCUT2D eigenvalue weighted by atomic mass is 32.1. The predicted octanol–water partition coefficient (Wildman–Crippen LogP) is 2.06. The van der Waals surface area contributed by atoms with Gasteiger partial charge in [-0.1, -0.05) is 12.1 Å². The van der Waals surface area contributed by atoms with Crippen LogP contribution in [0.25, 0.3) is 0 Å². The van der Waals surface area contributed by atoms with Crippen LogP contribution >= 0.6 is 12.2 Å². The van der Waals surface area contributed by atoms with Crippen molar-refractivity contribution < 1.29 is 9.53 Å². The molecular weight excluding hydrogens is 362 g/mol. The minimum atomic E-state index is -0.0769. The molecule has 1 aliphatic heterocycles. The number of amides is 1. The van der Waals surface area contributed by atoms with Gasteiger partial charge in [-0.3, -0.25) is 14.8 Å².